The summed E-state index contributed by atoms with van der Waals surface area (Å²) in [6.45, 7) is 6.48. The quantitative estimate of drug-likeness (QED) is 0.266. The Morgan fingerprint density at radius 1 is 0.895 bits per heavy atom. The van der Waals surface area contributed by atoms with Crippen LogP contribution in [0, 0.1) is 0 Å². The van der Waals surface area contributed by atoms with Gasteiger partial charge in [0.25, 0.3) is 0 Å². The molecule has 3 atom stereocenters. The lowest BCUT2D eigenvalue weighted by atomic mass is 10.00. The Hall–Kier alpha value is -3.63. The standard InChI is InChI=1S/C28H27N5O2S.CH5N/c1-18-13-29-14-19(2)33(18)22-11-9-20(10-12-22)21-15-30-28-26(16-31-32(28)17-21)24-5-3-7-25-23(24)6-4-8-27(25)36(34)35;1-2/h3-12,15-19,29,36H,13-14H2,1-2H3;2H2,1H3/t18-,19+;. The second-order valence-corrected chi connectivity index (χ2v) is 10.4. The lowest BCUT2D eigenvalue weighted by Gasteiger charge is -2.41. The van der Waals surface area contributed by atoms with Gasteiger partial charge in [-0.1, -0.05) is 36.4 Å². The summed E-state index contributed by atoms with van der Waals surface area (Å²) in [6.07, 6.45) is 5.65. The Balaban J connectivity index is 0.00000144. The largest absolute Gasteiger partial charge is 0.612 e. The number of nitrogens with one attached hydrogen (secondary N) is 1. The van der Waals surface area contributed by atoms with Crippen molar-refractivity contribution >= 4 is 33.2 Å². The summed E-state index contributed by atoms with van der Waals surface area (Å²) >= 11 is -2.68. The number of thiol groups is 1. The van der Waals surface area contributed by atoms with Crippen LogP contribution in [0.1, 0.15) is 13.8 Å². The van der Waals surface area contributed by atoms with Crippen molar-refractivity contribution in [3.05, 3.63) is 79.3 Å². The van der Waals surface area contributed by atoms with Crippen molar-refractivity contribution in [1.82, 2.24) is 19.9 Å². The van der Waals surface area contributed by atoms with E-state index in [1.807, 2.05) is 36.7 Å². The highest BCUT2D eigenvalue weighted by Crippen LogP contribution is 2.34. The molecule has 9 heteroatoms. The van der Waals surface area contributed by atoms with E-state index in [-0.39, 0.29) is 0 Å². The molecule has 196 valence electrons. The van der Waals surface area contributed by atoms with Crippen molar-refractivity contribution in [2.45, 2.75) is 30.8 Å². The van der Waals surface area contributed by atoms with Gasteiger partial charge in [0.2, 0.25) is 0 Å². The number of benzene rings is 3. The van der Waals surface area contributed by atoms with Crippen LogP contribution in [0.2, 0.25) is 0 Å². The van der Waals surface area contributed by atoms with E-state index in [4.69, 9.17) is 4.98 Å². The maximum absolute atomic E-state index is 11.7. The fourth-order valence-corrected chi connectivity index (χ4v) is 5.97. The second kappa shape index (κ2) is 11.0. The number of hydrogen-bond donors (Lipinski definition) is 2. The number of fused-ring (bicyclic) bond motifs is 2. The summed E-state index contributed by atoms with van der Waals surface area (Å²) in [5, 5.41) is 9.63. The fourth-order valence-electron chi connectivity index (χ4n) is 5.37. The molecule has 8 nitrogen and oxygen atoms in total. The van der Waals surface area contributed by atoms with Gasteiger partial charge in [-0.25, -0.2) is 9.50 Å². The summed E-state index contributed by atoms with van der Waals surface area (Å²) < 4.78 is 25.3. The van der Waals surface area contributed by atoms with Crippen molar-refractivity contribution in [2.75, 3.05) is 25.0 Å². The van der Waals surface area contributed by atoms with Gasteiger partial charge in [0.1, 0.15) is 0 Å². The molecule has 1 fully saturated rings. The van der Waals surface area contributed by atoms with Crippen LogP contribution in [0.25, 0.3) is 38.7 Å². The van der Waals surface area contributed by atoms with Crippen LogP contribution in [0.3, 0.4) is 0 Å². The zero-order chi connectivity index (χ0) is 26.8. The van der Waals surface area contributed by atoms with Gasteiger partial charge in [0, 0.05) is 59.8 Å². The molecule has 1 saturated heterocycles. The summed E-state index contributed by atoms with van der Waals surface area (Å²) in [5.41, 5.74) is 10.3. The predicted octanol–water partition coefficient (Wildman–Crippen LogP) is 4.16. The van der Waals surface area contributed by atoms with Crippen molar-refractivity contribution in [2.24, 2.45) is 5.73 Å². The minimum Gasteiger partial charge on any atom is -0.612 e. The summed E-state index contributed by atoms with van der Waals surface area (Å²) in [5.74, 6) is 0. The molecule has 0 radical (unpaired) electrons. The third kappa shape index (κ3) is 4.69. The van der Waals surface area contributed by atoms with Crippen LogP contribution in [-0.4, -0.2) is 51.4 Å². The first-order chi connectivity index (χ1) is 18.5. The summed E-state index contributed by atoms with van der Waals surface area (Å²) in [7, 11) is 1.50. The number of rotatable bonds is 4. The van der Waals surface area contributed by atoms with Crippen LogP contribution in [0.5, 0.6) is 0 Å². The van der Waals surface area contributed by atoms with E-state index < -0.39 is 11.1 Å². The van der Waals surface area contributed by atoms with E-state index in [0.29, 0.717) is 22.4 Å². The first-order valence-corrected chi connectivity index (χ1v) is 13.9. The van der Waals surface area contributed by atoms with E-state index in [1.165, 1.54) is 12.7 Å². The highest BCUT2D eigenvalue weighted by molar-refractivity contribution is 7.79. The van der Waals surface area contributed by atoms with Gasteiger partial charge in [0.05, 0.1) is 17.3 Å². The molecule has 1 unspecified atom stereocenters. The Morgan fingerprint density at radius 2 is 1.58 bits per heavy atom. The lowest BCUT2D eigenvalue weighted by molar-refractivity contribution is 0.432. The summed E-state index contributed by atoms with van der Waals surface area (Å²) in [4.78, 5) is 7.55. The van der Waals surface area contributed by atoms with E-state index in [0.717, 1.165) is 46.4 Å². The lowest BCUT2D eigenvalue weighted by Crippen LogP contribution is -2.55. The molecule has 3 heterocycles. The maximum Gasteiger partial charge on any atom is 0.162 e. The van der Waals surface area contributed by atoms with Crippen molar-refractivity contribution in [3.63, 3.8) is 0 Å². The molecule has 1 aliphatic heterocycles. The smallest absolute Gasteiger partial charge is 0.162 e. The Bertz CT molecular complexity index is 1590. The van der Waals surface area contributed by atoms with Gasteiger partial charge in [-0.3, -0.25) is 0 Å². The van der Waals surface area contributed by atoms with Crippen LogP contribution in [-0.2, 0) is 15.3 Å². The van der Waals surface area contributed by atoms with E-state index >= 15 is 0 Å². The normalized spacial score (nSPS) is 18.3. The van der Waals surface area contributed by atoms with Gasteiger partial charge in [-0.15, -0.1) is 4.21 Å². The molecule has 2 aromatic heterocycles. The first-order valence-electron chi connectivity index (χ1n) is 12.7. The molecule has 0 aliphatic carbocycles. The van der Waals surface area contributed by atoms with Crippen LogP contribution >= 0.6 is 0 Å². The van der Waals surface area contributed by atoms with Gasteiger partial charge in [-0.2, -0.15) is 5.10 Å². The summed E-state index contributed by atoms with van der Waals surface area (Å²) in [6, 6.07) is 20.6. The maximum atomic E-state index is 11.7. The molecular formula is C29H32N6O2S. The molecule has 0 amide bonds. The monoisotopic (exact) mass is 528 g/mol. The molecule has 38 heavy (non-hydrogen) atoms. The molecular weight excluding hydrogens is 496 g/mol. The molecule has 0 spiro atoms. The highest BCUT2D eigenvalue weighted by Gasteiger charge is 2.24. The topological polar surface area (TPSA) is 112 Å². The van der Waals surface area contributed by atoms with Crippen LogP contribution < -0.4 is 16.0 Å². The molecule has 3 aromatic carbocycles. The van der Waals surface area contributed by atoms with Crippen molar-refractivity contribution < 1.29 is 8.76 Å². The number of piperazine rings is 1. The number of hydrogen-bond acceptors (Lipinski definition) is 7. The number of aromatic nitrogens is 3. The SMILES string of the molecule is CN.C[C@@H]1CNC[C@H](C)N1c1ccc(-c2cnc3c(-c4cccc5c([SH+](=O)[O-])cccc45)cnn3c2)cc1. The fraction of sp³-hybridized carbons (Fsp3) is 0.241. The average Bonchev–Trinajstić information content (AvgIpc) is 3.37. The highest BCUT2D eigenvalue weighted by atomic mass is 32.2. The van der Waals surface area contributed by atoms with E-state index in [1.54, 1.807) is 22.8 Å². The molecule has 1 aliphatic rings. The van der Waals surface area contributed by atoms with Gasteiger partial charge >= 0.3 is 0 Å². The Kier molecular flexibility index (Phi) is 7.53. The first kappa shape index (κ1) is 26.0. The van der Waals surface area contributed by atoms with Crippen molar-refractivity contribution in [1.29, 1.82) is 0 Å². The Morgan fingerprint density at radius 3 is 2.29 bits per heavy atom. The number of nitrogens with zero attached hydrogens (tertiary/aromatic N) is 4. The predicted molar refractivity (Wildman–Crippen MR) is 154 cm³/mol. The van der Waals surface area contributed by atoms with E-state index in [2.05, 4.69) is 59.2 Å². The number of anilines is 1. The molecule has 5 aromatic rings. The van der Waals surface area contributed by atoms with Gasteiger partial charge < -0.3 is 20.5 Å². The third-order valence-electron chi connectivity index (χ3n) is 7.07. The molecule has 6 rings (SSSR count). The van der Waals surface area contributed by atoms with E-state index in [9.17, 15) is 8.76 Å². The minimum absolute atomic E-state index is 0.323. The zero-order valence-electron chi connectivity index (χ0n) is 21.7. The second-order valence-electron chi connectivity index (χ2n) is 9.41. The number of nitrogens with two attached hydrogens (primary N) is 1. The molecule has 0 bridgehead atoms. The third-order valence-corrected chi connectivity index (χ3v) is 7.85. The van der Waals surface area contributed by atoms with Crippen LogP contribution in [0.4, 0.5) is 5.69 Å². The minimum atomic E-state index is -2.68. The molecule has 0 saturated carbocycles. The van der Waals surface area contributed by atoms with Crippen LogP contribution in [0.15, 0.2) is 84.1 Å². The van der Waals surface area contributed by atoms with Gasteiger partial charge in [0.15, 0.2) is 10.5 Å². The van der Waals surface area contributed by atoms with Gasteiger partial charge in [-0.05, 0) is 61.7 Å². The molecule has 3 N–H and O–H groups in total. The Labute approximate surface area is 224 Å². The average molecular weight is 529 g/mol. The van der Waals surface area contributed by atoms with Crippen molar-refractivity contribution in [3.8, 4) is 22.3 Å². The zero-order valence-corrected chi connectivity index (χ0v) is 22.6.